The highest BCUT2D eigenvalue weighted by Gasteiger charge is 2.29. The molecule has 112 valence electrons. The Kier molecular flexibility index (Phi) is 4.05. The molecular weight excluding hydrogens is 284 g/mol. The van der Waals surface area contributed by atoms with Crippen molar-refractivity contribution in [2.45, 2.75) is 6.10 Å². The molecule has 0 N–H and O–H groups in total. The average molecular weight is 298 g/mol. The number of carbonyl (C=O) groups is 2. The SMILES string of the molecule is O=C(COC(=O)C1COc2ccccc2O1)c1ccccc1. The van der Waals surface area contributed by atoms with E-state index >= 15 is 0 Å². The van der Waals surface area contributed by atoms with Crippen molar-refractivity contribution >= 4 is 11.8 Å². The van der Waals surface area contributed by atoms with E-state index in [1.54, 1.807) is 42.5 Å². The Balaban J connectivity index is 1.56. The fourth-order valence-corrected chi connectivity index (χ4v) is 2.07. The number of esters is 1. The van der Waals surface area contributed by atoms with Crippen molar-refractivity contribution in [1.82, 2.24) is 0 Å². The van der Waals surface area contributed by atoms with Crippen LogP contribution in [0.4, 0.5) is 0 Å². The maximum atomic E-state index is 12.0. The topological polar surface area (TPSA) is 61.8 Å². The maximum Gasteiger partial charge on any atom is 0.351 e. The van der Waals surface area contributed by atoms with Gasteiger partial charge in [0.1, 0.15) is 6.61 Å². The predicted molar refractivity (Wildman–Crippen MR) is 78.1 cm³/mol. The highest BCUT2D eigenvalue weighted by molar-refractivity contribution is 5.98. The number of Topliss-reactive ketones (excluding diaryl/α,β-unsaturated/α-hetero) is 1. The van der Waals surface area contributed by atoms with Crippen molar-refractivity contribution in [2.75, 3.05) is 13.2 Å². The molecule has 0 aliphatic carbocycles. The van der Waals surface area contributed by atoms with Gasteiger partial charge in [-0.1, -0.05) is 42.5 Å². The second kappa shape index (κ2) is 6.30. The number of fused-ring (bicyclic) bond motifs is 1. The molecule has 0 radical (unpaired) electrons. The standard InChI is InChI=1S/C17H14O5/c18-13(12-6-2-1-3-7-12)10-21-17(19)16-11-20-14-8-4-5-9-15(14)22-16/h1-9,16H,10-11H2. The summed E-state index contributed by atoms with van der Waals surface area (Å²) in [5, 5.41) is 0. The lowest BCUT2D eigenvalue weighted by Gasteiger charge is -2.24. The largest absolute Gasteiger partial charge is 0.485 e. The Morgan fingerprint density at radius 3 is 2.45 bits per heavy atom. The van der Waals surface area contributed by atoms with Crippen LogP contribution in [0.2, 0.25) is 0 Å². The summed E-state index contributed by atoms with van der Waals surface area (Å²) in [7, 11) is 0. The van der Waals surface area contributed by atoms with E-state index in [4.69, 9.17) is 14.2 Å². The number of para-hydroxylation sites is 2. The average Bonchev–Trinajstić information content (AvgIpc) is 2.59. The van der Waals surface area contributed by atoms with Crippen LogP contribution < -0.4 is 9.47 Å². The molecule has 0 aromatic heterocycles. The quantitative estimate of drug-likeness (QED) is 0.640. The van der Waals surface area contributed by atoms with Crippen molar-refractivity contribution in [3.8, 4) is 11.5 Å². The number of benzene rings is 2. The van der Waals surface area contributed by atoms with Crippen LogP contribution in [0.3, 0.4) is 0 Å². The van der Waals surface area contributed by atoms with Gasteiger partial charge in [0, 0.05) is 5.56 Å². The molecule has 1 aliphatic heterocycles. The predicted octanol–water partition coefficient (Wildman–Crippen LogP) is 2.25. The van der Waals surface area contributed by atoms with Crippen molar-refractivity contribution in [3.63, 3.8) is 0 Å². The van der Waals surface area contributed by atoms with Gasteiger partial charge in [-0.2, -0.15) is 0 Å². The third-order valence-electron chi connectivity index (χ3n) is 3.21. The van der Waals surface area contributed by atoms with Crippen molar-refractivity contribution in [3.05, 3.63) is 60.2 Å². The van der Waals surface area contributed by atoms with Crippen LogP contribution >= 0.6 is 0 Å². The van der Waals surface area contributed by atoms with E-state index < -0.39 is 12.1 Å². The normalized spacial score (nSPS) is 15.9. The van der Waals surface area contributed by atoms with E-state index in [2.05, 4.69) is 0 Å². The van der Waals surface area contributed by atoms with Gasteiger partial charge < -0.3 is 14.2 Å². The van der Waals surface area contributed by atoms with Gasteiger partial charge in [0.25, 0.3) is 0 Å². The molecule has 5 nitrogen and oxygen atoms in total. The van der Waals surface area contributed by atoms with Crippen LogP contribution in [0, 0.1) is 0 Å². The molecule has 2 aromatic rings. The Bertz CT molecular complexity index is 680. The minimum Gasteiger partial charge on any atom is -0.485 e. The lowest BCUT2D eigenvalue weighted by atomic mass is 10.1. The fourth-order valence-electron chi connectivity index (χ4n) is 2.07. The molecule has 0 amide bonds. The molecule has 0 saturated heterocycles. The minimum absolute atomic E-state index is 0.0649. The summed E-state index contributed by atoms with van der Waals surface area (Å²) in [5.74, 6) is 0.210. The number of hydrogen-bond acceptors (Lipinski definition) is 5. The third-order valence-corrected chi connectivity index (χ3v) is 3.21. The van der Waals surface area contributed by atoms with Gasteiger partial charge in [0.2, 0.25) is 6.10 Å². The van der Waals surface area contributed by atoms with Gasteiger partial charge in [0.05, 0.1) is 0 Å². The van der Waals surface area contributed by atoms with Crippen molar-refractivity contribution in [1.29, 1.82) is 0 Å². The Hall–Kier alpha value is -2.82. The van der Waals surface area contributed by atoms with Crippen LogP contribution in [-0.2, 0) is 9.53 Å². The second-order valence-electron chi connectivity index (χ2n) is 4.76. The molecule has 1 aliphatic rings. The van der Waals surface area contributed by atoms with Crippen LogP contribution in [0.15, 0.2) is 54.6 Å². The summed E-state index contributed by atoms with van der Waals surface area (Å²) in [4.78, 5) is 23.8. The van der Waals surface area contributed by atoms with Gasteiger partial charge in [-0.25, -0.2) is 4.79 Å². The monoisotopic (exact) mass is 298 g/mol. The van der Waals surface area contributed by atoms with Gasteiger partial charge in [-0.15, -0.1) is 0 Å². The first-order valence-electron chi connectivity index (χ1n) is 6.87. The molecule has 0 bridgehead atoms. The highest BCUT2D eigenvalue weighted by atomic mass is 16.6. The molecule has 5 heteroatoms. The molecule has 0 saturated carbocycles. The molecular formula is C17H14O5. The summed E-state index contributed by atoms with van der Waals surface area (Å²) in [6, 6.07) is 15.7. The summed E-state index contributed by atoms with van der Waals surface area (Å²) < 4.78 is 16.0. The number of rotatable bonds is 4. The van der Waals surface area contributed by atoms with E-state index in [-0.39, 0.29) is 19.0 Å². The molecule has 1 unspecified atom stereocenters. The van der Waals surface area contributed by atoms with Gasteiger partial charge in [-0.3, -0.25) is 4.79 Å². The first-order chi connectivity index (χ1) is 10.7. The third kappa shape index (κ3) is 3.09. The molecule has 3 rings (SSSR count). The number of ketones is 1. The summed E-state index contributed by atoms with van der Waals surface area (Å²) >= 11 is 0. The first kappa shape index (κ1) is 14.1. The van der Waals surface area contributed by atoms with Gasteiger partial charge in [-0.05, 0) is 12.1 Å². The van der Waals surface area contributed by atoms with E-state index in [9.17, 15) is 9.59 Å². The Morgan fingerprint density at radius 2 is 1.68 bits per heavy atom. The van der Waals surface area contributed by atoms with Gasteiger partial charge >= 0.3 is 5.97 Å². The van der Waals surface area contributed by atoms with Crippen molar-refractivity contribution < 1.29 is 23.8 Å². The molecule has 1 heterocycles. The van der Waals surface area contributed by atoms with E-state index in [0.717, 1.165) is 0 Å². The molecule has 22 heavy (non-hydrogen) atoms. The Morgan fingerprint density at radius 1 is 1.00 bits per heavy atom. The smallest absolute Gasteiger partial charge is 0.351 e. The lowest BCUT2D eigenvalue weighted by Crippen LogP contribution is -2.38. The van der Waals surface area contributed by atoms with Gasteiger partial charge in [0.15, 0.2) is 23.9 Å². The summed E-state index contributed by atoms with van der Waals surface area (Å²) in [6.07, 6.45) is -0.863. The van der Waals surface area contributed by atoms with E-state index in [0.29, 0.717) is 17.1 Å². The van der Waals surface area contributed by atoms with Crippen LogP contribution in [0.25, 0.3) is 0 Å². The maximum absolute atomic E-state index is 12.0. The molecule has 0 spiro atoms. The zero-order valence-corrected chi connectivity index (χ0v) is 11.7. The molecule has 1 atom stereocenters. The van der Waals surface area contributed by atoms with Crippen LogP contribution in [0.1, 0.15) is 10.4 Å². The van der Waals surface area contributed by atoms with E-state index in [1.807, 2.05) is 12.1 Å². The summed E-state index contributed by atoms with van der Waals surface area (Å²) in [6.45, 7) is -0.250. The zero-order valence-electron chi connectivity index (χ0n) is 11.7. The zero-order chi connectivity index (χ0) is 15.4. The van der Waals surface area contributed by atoms with Crippen LogP contribution in [0.5, 0.6) is 11.5 Å². The minimum atomic E-state index is -0.863. The molecule has 2 aromatic carbocycles. The number of carbonyl (C=O) groups excluding carboxylic acids is 2. The number of ether oxygens (including phenoxy) is 3. The fraction of sp³-hybridized carbons (Fsp3) is 0.176. The molecule has 0 fully saturated rings. The van der Waals surface area contributed by atoms with E-state index in [1.165, 1.54) is 0 Å². The lowest BCUT2D eigenvalue weighted by molar-refractivity contribution is -0.153. The summed E-state index contributed by atoms with van der Waals surface area (Å²) in [5.41, 5.74) is 0.501. The Labute approximate surface area is 127 Å². The van der Waals surface area contributed by atoms with Crippen LogP contribution in [-0.4, -0.2) is 31.1 Å². The second-order valence-corrected chi connectivity index (χ2v) is 4.76. The number of hydrogen-bond donors (Lipinski definition) is 0. The van der Waals surface area contributed by atoms with Crippen molar-refractivity contribution in [2.24, 2.45) is 0 Å². The highest BCUT2D eigenvalue weighted by Crippen LogP contribution is 2.31. The first-order valence-corrected chi connectivity index (χ1v) is 6.87.